The number of aliphatic hydroxyl groups excluding tert-OH is 1. The first-order valence-electron chi connectivity index (χ1n) is 9.40. The summed E-state index contributed by atoms with van der Waals surface area (Å²) in [5, 5.41) is 10.5. The van der Waals surface area contributed by atoms with E-state index in [1.165, 1.54) is 7.11 Å². The van der Waals surface area contributed by atoms with Gasteiger partial charge in [-0.25, -0.2) is 4.79 Å². The fourth-order valence-corrected chi connectivity index (χ4v) is 3.99. The molecule has 1 aliphatic heterocycles. The highest BCUT2D eigenvalue weighted by atomic mass is 16.5. The zero-order valence-electron chi connectivity index (χ0n) is 15.8. The molecule has 1 saturated carbocycles. The summed E-state index contributed by atoms with van der Waals surface area (Å²) >= 11 is 0. The number of carbonyl (C=O) groups is 2. The van der Waals surface area contributed by atoms with Gasteiger partial charge in [0.15, 0.2) is 0 Å². The molecule has 1 N–H and O–H groups in total. The quantitative estimate of drug-likeness (QED) is 0.756. The molecule has 2 aliphatic rings. The molecule has 1 aliphatic carbocycles. The van der Waals surface area contributed by atoms with Crippen LogP contribution in [0.2, 0.25) is 0 Å². The Kier molecular flexibility index (Phi) is 6.34. The summed E-state index contributed by atoms with van der Waals surface area (Å²) in [6, 6.07) is 6.77. The van der Waals surface area contributed by atoms with Crippen molar-refractivity contribution in [3.8, 4) is 5.75 Å². The molecule has 0 spiro atoms. The van der Waals surface area contributed by atoms with Gasteiger partial charge in [-0.05, 0) is 49.8 Å². The van der Waals surface area contributed by atoms with E-state index in [2.05, 4.69) is 0 Å². The topological polar surface area (TPSA) is 85.3 Å². The fourth-order valence-electron chi connectivity index (χ4n) is 3.99. The highest BCUT2D eigenvalue weighted by Gasteiger charge is 2.43. The number of hydrogen-bond donors (Lipinski definition) is 1. The Labute approximate surface area is 159 Å². The van der Waals surface area contributed by atoms with Gasteiger partial charge in [-0.1, -0.05) is 6.07 Å². The van der Waals surface area contributed by atoms with Crippen molar-refractivity contribution in [1.82, 2.24) is 4.90 Å². The summed E-state index contributed by atoms with van der Waals surface area (Å²) in [6.45, 7) is 3.83. The number of fused-ring (bicyclic) bond motifs is 1. The van der Waals surface area contributed by atoms with Crippen LogP contribution in [0.1, 0.15) is 30.1 Å². The summed E-state index contributed by atoms with van der Waals surface area (Å²) < 4.78 is 15.9. The van der Waals surface area contributed by atoms with Crippen LogP contribution in [0.3, 0.4) is 0 Å². The molecule has 4 atom stereocenters. The second-order valence-electron chi connectivity index (χ2n) is 7.17. The van der Waals surface area contributed by atoms with Gasteiger partial charge in [-0.2, -0.15) is 0 Å². The van der Waals surface area contributed by atoms with E-state index < -0.39 is 12.1 Å². The first-order valence-corrected chi connectivity index (χ1v) is 9.40. The van der Waals surface area contributed by atoms with Crippen LogP contribution in [0.25, 0.3) is 0 Å². The van der Waals surface area contributed by atoms with E-state index in [1.807, 2.05) is 11.8 Å². The number of likely N-dealkylation sites (tertiary alicyclic amines) is 1. The van der Waals surface area contributed by atoms with Gasteiger partial charge in [0.1, 0.15) is 18.5 Å². The monoisotopic (exact) mass is 377 g/mol. The van der Waals surface area contributed by atoms with Crippen LogP contribution in [0.15, 0.2) is 24.3 Å². The summed E-state index contributed by atoms with van der Waals surface area (Å²) in [7, 11) is 1.33. The summed E-state index contributed by atoms with van der Waals surface area (Å²) in [5.74, 6) is 0.690. The maximum absolute atomic E-state index is 12.2. The molecule has 1 aromatic carbocycles. The lowest BCUT2D eigenvalue weighted by atomic mass is 9.78. The molecular formula is C20H27NO6. The van der Waals surface area contributed by atoms with E-state index in [1.54, 1.807) is 24.3 Å². The van der Waals surface area contributed by atoms with Crippen molar-refractivity contribution >= 4 is 11.9 Å². The predicted molar refractivity (Wildman–Crippen MR) is 97.5 cm³/mol. The van der Waals surface area contributed by atoms with Gasteiger partial charge in [0.05, 0.1) is 18.8 Å². The third kappa shape index (κ3) is 4.59. The summed E-state index contributed by atoms with van der Waals surface area (Å²) in [6.07, 6.45) is 0.313. The number of nitrogens with zero attached hydrogens (tertiary/aromatic N) is 1. The van der Waals surface area contributed by atoms with Crippen molar-refractivity contribution < 1.29 is 28.9 Å². The van der Waals surface area contributed by atoms with Crippen LogP contribution in [-0.4, -0.2) is 67.5 Å². The molecule has 0 aromatic heterocycles. The number of benzene rings is 1. The Bertz CT molecular complexity index is 678. The normalized spacial score (nSPS) is 27.1. The third-order valence-corrected chi connectivity index (χ3v) is 5.41. The minimum Gasteiger partial charge on any atom is -0.488 e. The van der Waals surface area contributed by atoms with E-state index in [9.17, 15) is 14.7 Å². The smallest absolute Gasteiger partial charge is 0.337 e. The molecule has 7 heteroatoms. The van der Waals surface area contributed by atoms with Gasteiger partial charge in [-0.3, -0.25) is 4.79 Å². The first-order chi connectivity index (χ1) is 13.0. The lowest BCUT2D eigenvalue weighted by molar-refractivity contribution is -0.135. The Morgan fingerprint density at radius 1 is 1.22 bits per heavy atom. The number of carbonyl (C=O) groups excluding carboxylic acids is 2. The van der Waals surface area contributed by atoms with Gasteiger partial charge in [0.25, 0.3) is 0 Å². The van der Waals surface area contributed by atoms with Crippen molar-refractivity contribution in [3.63, 3.8) is 0 Å². The largest absolute Gasteiger partial charge is 0.488 e. The number of ether oxygens (including phenoxy) is 3. The number of rotatable bonds is 6. The zero-order valence-corrected chi connectivity index (χ0v) is 15.8. The summed E-state index contributed by atoms with van der Waals surface area (Å²) in [5.41, 5.74) is 0.409. The molecule has 7 nitrogen and oxygen atoms in total. The molecule has 0 bridgehead atoms. The molecule has 1 amide bonds. The second kappa shape index (κ2) is 8.71. The van der Waals surface area contributed by atoms with E-state index in [0.29, 0.717) is 49.8 Å². The van der Waals surface area contributed by atoms with Crippen LogP contribution in [0, 0.1) is 11.8 Å². The van der Waals surface area contributed by atoms with E-state index in [4.69, 9.17) is 14.2 Å². The maximum atomic E-state index is 12.2. The number of amides is 1. The fraction of sp³-hybridized carbons (Fsp3) is 0.600. The molecule has 27 heavy (non-hydrogen) atoms. The van der Waals surface area contributed by atoms with Gasteiger partial charge < -0.3 is 24.2 Å². The van der Waals surface area contributed by atoms with Gasteiger partial charge >= 0.3 is 5.97 Å². The molecule has 2 fully saturated rings. The van der Waals surface area contributed by atoms with Crippen molar-refractivity contribution in [2.75, 3.05) is 33.4 Å². The SMILES string of the molecule is CCOCC(=O)N1C[C@H]2C[C@@H](Oc3cccc(C(=O)OC)c3)[C@H](O)C[C@H]2C1. The molecule has 148 valence electrons. The molecule has 0 radical (unpaired) electrons. The van der Waals surface area contributed by atoms with Crippen molar-refractivity contribution in [1.29, 1.82) is 0 Å². The van der Waals surface area contributed by atoms with Crippen molar-refractivity contribution in [2.24, 2.45) is 11.8 Å². The predicted octanol–water partition coefficient (Wildman–Crippen LogP) is 1.49. The lowest BCUT2D eigenvalue weighted by Gasteiger charge is -2.35. The number of hydrogen-bond acceptors (Lipinski definition) is 6. The Balaban J connectivity index is 1.61. The van der Waals surface area contributed by atoms with Gasteiger partial charge in [0.2, 0.25) is 5.91 Å². The van der Waals surface area contributed by atoms with Crippen LogP contribution in [-0.2, 0) is 14.3 Å². The number of aliphatic hydroxyl groups is 1. The Hall–Kier alpha value is -2.12. The third-order valence-electron chi connectivity index (χ3n) is 5.41. The van der Waals surface area contributed by atoms with Crippen LogP contribution in [0.4, 0.5) is 0 Å². The van der Waals surface area contributed by atoms with Gasteiger partial charge in [0, 0.05) is 19.7 Å². The molecule has 1 aromatic rings. The Morgan fingerprint density at radius 2 is 1.96 bits per heavy atom. The second-order valence-corrected chi connectivity index (χ2v) is 7.17. The summed E-state index contributed by atoms with van der Waals surface area (Å²) in [4.78, 5) is 25.7. The van der Waals surface area contributed by atoms with Crippen molar-refractivity contribution in [3.05, 3.63) is 29.8 Å². The molecule has 0 unspecified atom stereocenters. The molecule has 1 saturated heterocycles. The van der Waals surface area contributed by atoms with Crippen LogP contribution >= 0.6 is 0 Å². The maximum Gasteiger partial charge on any atom is 0.337 e. The minimum absolute atomic E-state index is 0.00369. The lowest BCUT2D eigenvalue weighted by Crippen LogP contribution is -2.42. The highest BCUT2D eigenvalue weighted by Crippen LogP contribution is 2.38. The Morgan fingerprint density at radius 3 is 2.67 bits per heavy atom. The van der Waals surface area contributed by atoms with E-state index in [-0.39, 0.29) is 24.5 Å². The number of esters is 1. The number of methoxy groups -OCH3 is 1. The minimum atomic E-state index is -0.602. The standard InChI is InChI=1S/C20H27NO6/c1-3-26-12-19(23)21-10-14-8-17(22)18(9-15(14)11-21)27-16-6-4-5-13(7-16)20(24)25-2/h4-7,14-15,17-18,22H,3,8-12H2,1-2H3/t14-,15+,17+,18+/m0/s1. The average Bonchev–Trinajstić information content (AvgIpc) is 3.08. The van der Waals surface area contributed by atoms with Crippen LogP contribution < -0.4 is 4.74 Å². The highest BCUT2D eigenvalue weighted by molar-refractivity contribution is 5.89. The van der Waals surface area contributed by atoms with Crippen LogP contribution in [0.5, 0.6) is 5.75 Å². The molecular weight excluding hydrogens is 350 g/mol. The first kappa shape index (κ1) is 19.6. The van der Waals surface area contributed by atoms with Gasteiger partial charge in [-0.15, -0.1) is 0 Å². The average molecular weight is 377 g/mol. The van der Waals surface area contributed by atoms with E-state index >= 15 is 0 Å². The zero-order chi connectivity index (χ0) is 19.4. The molecule has 3 rings (SSSR count). The molecule has 1 heterocycles. The van der Waals surface area contributed by atoms with E-state index in [0.717, 1.165) is 0 Å². The van der Waals surface area contributed by atoms with Crippen molar-refractivity contribution in [2.45, 2.75) is 32.0 Å².